The van der Waals surface area contributed by atoms with Gasteiger partial charge in [0.1, 0.15) is 0 Å². The van der Waals surface area contributed by atoms with E-state index in [1.807, 2.05) is 43.9 Å². The Bertz CT molecular complexity index is 364. The smallest absolute Gasteiger partial charge is 0.228 e. The summed E-state index contributed by atoms with van der Waals surface area (Å²) < 4.78 is 0. The van der Waals surface area contributed by atoms with Crippen LogP contribution in [0.15, 0.2) is 30.3 Å². The molecule has 1 aromatic rings. The molecule has 80 valence electrons. The van der Waals surface area contributed by atoms with Crippen molar-refractivity contribution in [1.82, 2.24) is 4.90 Å². The van der Waals surface area contributed by atoms with Gasteiger partial charge in [-0.1, -0.05) is 51.1 Å². The molecule has 0 aromatic heterocycles. The maximum Gasteiger partial charge on any atom is 0.228 e. The van der Waals surface area contributed by atoms with Crippen LogP contribution in [-0.4, -0.2) is 17.4 Å². The summed E-state index contributed by atoms with van der Waals surface area (Å²) >= 11 is 0. The molecule has 0 N–H and O–H groups in total. The summed E-state index contributed by atoms with van der Waals surface area (Å²) in [6, 6.07) is 10.5. The first kappa shape index (κ1) is 10.2. The average molecular weight is 203 g/mol. The van der Waals surface area contributed by atoms with Crippen molar-refractivity contribution in [2.45, 2.75) is 26.8 Å². The average Bonchev–Trinajstić information content (AvgIpc) is 2.96. The first-order valence-electron chi connectivity index (χ1n) is 5.36. The fourth-order valence-electron chi connectivity index (χ4n) is 1.75. The van der Waals surface area contributed by atoms with Crippen molar-refractivity contribution in [3.05, 3.63) is 35.9 Å². The molecule has 1 heterocycles. The third-order valence-corrected chi connectivity index (χ3v) is 2.70. The van der Waals surface area contributed by atoms with Gasteiger partial charge in [-0.3, -0.25) is 4.79 Å². The highest BCUT2D eigenvalue weighted by Gasteiger charge is 2.43. The number of carbonyl (C=O) groups is 1. The lowest BCUT2D eigenvalue weighted by Gasteiger charge is -2.18. The SMILES string of the molecule is CC(C)(C)C(=O)N1CC1c1ccccc1. The molecule has 1 aromatic carbocycles. The van der Waals surface area contributed by atoms with Gasteiger partial charge in [0.25, 0.3) is 0 Å². The highest BCUT2D eigenvalue weighted by Crippen LogP contribution is 2.38. The Kier molecular flexibility index (Phi) is 2.29. The van der Waals surface area contributed by atoms with Crippen molar-refractivity contribution in [2.75, 3.05) is 6.54 Å². The summed E-state index contributed by atoms with van der Waals surface area (Å²) in [6.45, 7) is 6.78. The number of carbonyl (C=O) groups excluding carboxylic acids is 1. The number of benzene rings is 1. The monoisotopic (exact) mass is 203 g/mol. The quantitative estimate of drug-likeness (QED) is 0.642. The Morgan fingerprint density at radius 1 is 1.27 bits per heavy atom. The first-order valence-corrected chi connectivity index (χ1v) is 5.36. The molecule has 2 rings (SSSR count). The van der Waals surface area contributed by atoms with E-state index in [0.717, 1.165) is 6.54 Å². The van der Waals surface area contributed by atoms with Crippen LogP contribution in [0.2, 0.25) is 0 Å². The third-order valence-electron chi connectivity index (χ3n) is 2.70. The molecular weight excluding hydrogens is 186 g/mol. The predicted molar refractivity (Wildman–Crippen MR) is 60.4 cm³/mol. The lowest BCUT2D eigenvalue weighted by Crippen LogP contribution is -2.27. The lowest BCUT2D eigenvalue weighted by molar-refractivity contribution is -0.134. The van der Waals surface area contributed by atoms with E-state index in [9.17, 15) is 4.79 Å². The molecule has 1 fully saturated rings. The summed E-state index contributed by atoms with van der Waals surface area (Å²) in [7, 11) is 0. The van der Waals surface area contributed by atoms with Crippen molar-refractivity contribution in [3.63, 3.8) is 0 Å². The molecule has 1 aliphatic heterocycles. The van der Waals surface area contributed by atoms with Gasteiger partial charge in [0.05, 0.1) is 6.04 Å². The van der Waals surface area contributed by atoms with Crippen LogP contribution in [0, 0.1) is 5.41 Å². The van der Waals surface area contributed by atoms with Gasteiger partial charge in [-0.2, -0.15) is 0 Å². The second-order valence-corrected chi connectivity index (χ2v) is 5.13. The number of hydrogen-bond donors (Lipinski definition) is 0. The van der Waals surface area contributed by atoms with Crippen molar-refractivity contribution in [3.8, 4) is 0 Å². The predicted octanol–water partition coefficient (Wildman–Crippen LogP) is 2.62. The van der Waals surface area contributed by atoms with E-state index in [0.29, 0.717) is 6.04 Å². The van der Waals surface area contributed by atoms with E-state index in [1.54, 1.807) is 0 Å². The van der Waals surface area contributed by atoms with Crippen LogP contribution in [-0.2, 0) is 4.79 Å². The van der Waals surface area contributed by atoms with Gasteiger partial charge in [-0.15, -0.1) is 0 Å². The Morgan fingerprint density at radius 3 is 2.40 bits per heavy atom. The summed E-state index contributed by atoms with van der Waals surface area (Å²) in [5.74, 6) is 0.247. The Morgan fingerprint density at radius 2 is 1.87 bits per heavy atom. The molecule has 0 bridgehead atoms. The molecule has 1 saturated heterocycles. The standard InChI is InChI=1S/C13H17NO/c1-13(2,3)12(15)14-9-11(14)10-7-5-4-6-8-10/h4-8,11H,9H2,1-3H3. The minimum absolute atomic E-state index is 0.247. The second kappa shape index (κ2) is 3.37. The summed E-state index contributed by atoms with van der Waals surface area (Å²) in [5, 5.41) is 0. The summed E-state index contributed by atoms with van der Waals surface area (Å²) in [4.78, 5) is 13.9. The van der Waals surface area contributed by atoms with Gasteiger partial charge in [0.15, 0.2) is 0 Å². The molecule has 1 unspecified atom stereocenters. The lowest BCUT2D eigenvalue weighted by atomic mass is 9.95. The van der Waals surface area contributed by atoms with Gasteiger partial charge in [-0.25, -0.2) is 0 Å². The Hall–Kier alpha value is -1.31. The van der Waals surface area contributed by atoms with Gasteiger partial charge in [-0.05, 0) is 5.56 Å². The van der Waals surface area contributed by atoms with E-state index >= 15 is 0 Å². The summed E-state index contributed by atoms with van der Waals surface area (Å²) in [6.07, 6.45) is 0. The van der Waals surface area contributed by atoms with E-state index in [1.165, 1.54) is 5.56 Å². The molecule has 0 radical (unpaired) electrons. The van der Waals surface area contributed by atoms with Gasteiger partial charge in [0.2, 0.25) is 5.91 Å². The van der Waals surface area contributed by atoms with E-state index < -0.39 is 0 Å². The normalized spacial score (nSPS) is 20.2. The van der Waals surface area contributed by atoms with Gasteiger partial charge in [0, 0.05) is 12.0 Å². The minimum Gasteiger partial charge on any atom is -0.331 e. The highest BCUT2D eigenvalue weighted by atomic mass is 16.2. The highest BCUT2D eigenvalue weighted by molar-refractivity contribution is 5.84. The Balaban J connectivity index is 2.06. The Labute approximate surface area is 90.9 Å². The van der Waals surface area contributed by atoms with Crippen molar-refractivity contribution in [2.24, 2.45) is 5.41 Å². The van der Waals surface area contributed by atoms with E-state index in [2.05, 4.69) is 12.1 Å². The van der Waals surface area contributed by atoms with Crippen molar-refractivity contribution in [1.29, 1.82) is 0 Å². The molecule has 2 heteroatoms. The van der Waals surface area contributed by atoms with Crippen molar-refractivity contribution >= 4 is 5.91 Å². The minimum atomic E-state index is -0.260. The largest absolute Gasteiger partial charge is 0.331 e. The topological polar surface area (TPSA) is 20.1 Å². The van der Waals surface area contributed by atoms with Crippen LogP contribution in [0.1, 0.15) is 32.4 Å². The zero-order valence-corrected chi connectivity index (χ0v) is 9.53. The molecule has 1 aliphatic rings. The molecule has 1 amide bonds. The van der Waals surface area contributed by atoms with Crippen molar-refractivity contribution < 1.29 is 4.79 Å². The van der Waals surface area contributed by atoms with Gasteiger partial charge < -0.3 is 4.90 Å². The molecular formula is C13H17NO. The molecule has 0 saturated carbocycles. The fourth-order valence-corrected chi connectivity index (χ4v) is 1.75. The van der Waals surface area contributed by atoms with Crippen LogP contribution in [0.3, 0.4) is 0 Å². The maximum absolute atomic E-state index is 11.9. The van der Waals surface area contributed by atoms with Crippen LogP contribution < -0.4 is 0 Å². The van der Waals surface area contributed by atoms with Crippen LogP contribution >= 0.6 is 0 Å². The third kappa shape index (κ3) is 2.04. The van der Waals surface area contributed by atoms with Crippen LogP contribution in [0.5, 0.6) is 0 Å². The zero-order valence-electron chi connectivity index (χ0n) is 9.53. The second-order valence-electron chi connectivity index (χ2n) is 5.13. The molecule has 0 spiro atoms. The molecule has 0 aliphatic carbocycles. The fraction of sp³-hybridized carbons (Fsp3) is 0.462. The van der Waals surface area contributed by atoms with Crippen LogP contribution in [0.25, 0.3) is 0 Å². The number of hydrogen-bond acceptors (Lipinski definition) is 1. The first-order chi connectivity index (χ1) is 7.00. The summed E-state index contributed by atoms with van der Waals surface area (Å²) in [5.41, 5.74) is 0.985. The molecule has 1 atom stereocenters. The molecule has 15 heavy (non-hydrogen) atoms. The number of nitrogens with zero attached hydrogens (tertiary/aromatic N) is 1. The maximum atomic E-state index is 11.9. The van der Waals surface area contributed by atoms with E-state index in [-0.39, 0.29) is 11.3 Å². The zero-order chi connectivity index (χ0) is 11.1. The number of amides is 1. The van der Waals surface area contributed by atoms with Gasteiger partial charge >= 0.3 is 0 Å². The van der Waals surface area contributed by atoms with Crippen LogP contribution in [0.4, 0.5) is 0 Å². The number of rotatable bonds is 1. The molecule has 2 nitrogen and oxygen atoms in total. The van der Waals surface area contributed by atoms with E-state index in [4.69, 9.17) is 0 Å².